The van der Waals surface area contributed by atoms with Gasteiger partial charge in [-0.2, -0.15) is 4.57 Å². The molecule has 0 unspecified atom stereocenters. The van der Waals surface area contributed by atoms with E-state index in [2.05, 4.69) is 28.9 Å². The lowest BCUT2D eigenvalue weighted by Crippen LogP contribution is -2.36. The molecule has 118 valence electrons. The second kappa shape index (κ2) is 7.33. The van der Waals surface area contributed by atoms with Gasteiger partial charge in [-0.25, -0.2) is 0 Å². The van der Waals surface area contributed by atoms with Crippen LogP contribution in [0, 0.1) is 10.1 Å². The van der Waals surface area contributed by atoms with Gasteiger partial charge >= 0.3 is 0 Å². The second-order valence-corrected chi connectivity index (χ2v) is 5.42. The molecule has 0 bridgehead atoms. The van der Waals surface area contributed by atoms with E-state index in [1.807, 2.05) is 42.6 Å². The molecule has 0 aliphatic rings. The lowest BCUT2D eigenvalue weighted by atomic mass is 10.1. The summed E-state index contributed by atoms with van der Waals surface area (Å²) in [4.78, 5) is 10.4. The fourth-order valence-electron chi connectivity index (χ4n) is 2.45. The summed E-state index contributed by atoms with van der Waals surface area (Å²) >= 11 is 0. The summed E-state index contributed by atoms with van der Waals surface area (Å²) in [6.07, 6.45) is 6.15. The van der Waals surface area contributed by atoms with Gasteiger partial charge in [0, 0.05) is 35.9 Å². The minimum absolute atomic E-state index is 0.112. The van der Waals surface area contributed by atoms with Crippen molar-refractivity contribution in [3.8, 4) is 0 Å². The first-order valence-corrected chi connectivity index (χ1v) is 7.67. The fourth-order valence-corrected chi connectivity index (χ4v) is 2.45. The summed E-state index contributed by atoms with van der Waals surface area (Å²) in [5, 5.41) is 10.7. The monoisotopic (exact) mass is 317 g/mol. The molecule has 0 amide bonds. The maximum Gasteiger partial charge on any atom is 0.269 e. The van der Waals surface area contributed by atoms with Crippen molar-refractivity contribution in [2.24, 2.45) is 0 Å². The number of nitro benzene ring substituents is 1. The zero-order valence-electron chi connectivity index (χ0n) is 13.1. The first-order chi connectivity index (χ1) is 11.7. The molecule has 3 rings (SSSR count). The fraction of sp³-hybridized carbons (Fsp3) is 0.0500. The molecule has 0 saturated carbocycles. The van der Waals surface area contributed by atoms with Crippen molar-refractivity contribution >= 4 is 17.8 Å². The number of rotatable bonds is 5. The van der Waals surface area contributed by atoms with Crippen LogP contribution in [0.3, 0.4) is 0 Å². The molecule has 4 heteroatoms. The Labute approximate surface area is 140 Å². The minimum atomic E-state index is -0.381. The van der Waals surface area contributed by atoms with Crippen molar-refractivity contribution in [1.29, 1.82) is 0 Å². The number of hydrogen-bond donors (Lipinski definition) is 0. The molecule has 1 aromatic heterocycles. The summed E-state index contributed by atoms with van der Waals surface area (Å²) in [5.74, 6) is 0. The van der Waals surface area contributed by atoms with Crippen LogP contribution in [0.25, 0.3) is 12.2 Å². The van der Waals surface area contributed by atoms with Crippen LogP contribution in [-0.4, -0.2) is 4.92 Å². The molecule has 0 atom stereocenters. The quantitative estimate of drug-likeness (QED) is 0.404. The van der Waals surface area contributed by atoms with Gasteiger partial charge in [0.2, 0.25) is 5.69 Å². The predicted molar refractivity (Wildman–Crippen MR) is 94.2 cm³/mol. The Bertz CT molecular complexity index is 856. The topological polar surface area (TPSA) is 47.0 Å². The lowest BCUT2D eigenvalue weighted by molar-refractivity contribution is -0.690. The third-order valence-corrected chi connectivity index (χ3v) is 3.72. The van der Waals surface area contributed by atoms with Gasteiger partial charge in [0.05, 0.1) is 4.92 Å². The minimum Gasteiger partial charge on any atom is -0.258 e. The van der Waals surface area contributed by atoms with Crippen LogP contribution >= 0.6 is 0 Å². The van der Waals surface area contributed by atoms with E-state index in [0.717, 1.165) is 16.8 Å². The van der Waals surface area contributed by atoms with Crippen LogP contribution < -0.4 is 4.57 Å². The van der Waals surface area contributed by atoms with E-state index in [1.165, 1.54) is 12.1 Å². The lowest BCUT2D eigenvalue weighted by Gasteiger charge is -2.01. The van der Waals surface area contributed by atoms with Crippen LogP contribution in [0.4, 0.5) is 5.69 Å². The Morgan fingerprint density at radius 1 is 0.875 bits per heavy atom. The maximum absolute atomic E-state index is 10.7. The van der Waals surface area contributed by atoms with E-state index in [9.17, 15) is 10.1 Å². The molecule has 24 heavy (non-hydrogen) atoms. The highest BCUT2D eigenvalue weighted by Crippen LogP contribution is 2.12. The van der Waals surface area contributed by atoms with Gasteiger partial charge in [-0.15, -0.1) is 0 Å². The highest BCUT2D eigenvalue weighted by molar-refractivity contribution is 5.66. The largest absolute Gasteiger partial charge is 0.269 e. The normalized spacial score (nSPS) is 10.8. The molecule has 0 aliphatic heterocycles. The van der Waals surface area contributed by atoms with Gasteiger partial charge in [-0.3, -0.25) is 10.1 Å². The Morgan fingerprint density at radius 2 is 1.58 bits per heavy atom. The van der Waals surface area contributed by atoms with Crippen molar-refractivity contribution in [3.63, 3.8) is 0 Å². The van der Waals surface area contributed by atoms with Crippen molar-refractivity contribution in [2.75, 3.05) is 0 Å². The Morgan fingerprint density at radius 3 is 2.29 bits per heavy atom. The van der Waals surface area contributed by atoms with Crippen molar-refractivity contribution in [2.45, 2.75) is 6.54 Å². The summed E-state index contributed by atoms with van der Waals surface area (Å²) in [6, 6.07) is 22.8. The molecule has 0 saturated heterocycles. The molecule has 0 radical (unpaired) electrons. The maximum atomic E-state index is 10.7. The first kappa shape index (κ1) is 15.6. The van der Waals surface area contributed by atoms with E-state index in [1.54, 1.807) is 12.1 Å². The molecular formula is C20H17N2O2+. The number of aromatic nitrogens is 1. The highest BCUT2D eigenvalue weighted by atomic mass is 16.6. The smallest absolute Gasteiger partial charge is 0.258 e. The highest BCUT2D eigenvalue weighted by Gasteiger charge is 2.10. The SMILES string of the molecule is O=[N+]([O-])c1ccc(C[n+]2ccccc2/C=C/c2ccccc2)cc1. The summed E-state index contributed by atoms with van der Waals surface area (Å²) < 4.78 is 2.11. The summed E-state index contributed by atoms with van der Waals surface area (Å²) in [5.41, 5.74) is 3.34. The summed E-state index contributed by atoms with van der Waals surface area (Å²) in [6.45, 7) is 0.660. The van der Waals surface area contributed by atoms with E-state index < -0.39 is 0 Å². The third kappa shape index (κ3) is 3.93. The average molecular weight is 317 g/mol. The number of hydrogen-bond acceptors (Lipinski definition) is 2. The van der Waals surface area contributed by atoms with Crippen LogP contribution in [0.1, 0.15) is 16.8 Å². The van der Waals surface area contributed by atoms with Crippen LogP contribution in [0.2, 0.25) is 0 Å². The number of nitro groups is 1. The number of non-ortho nitro benzene ring substituents is 1. The molecule has 0 spiro atoms. The third-order valence-electron chi connectivity index (χ3n) is 3.72. The van der Waals surface area contributed by atoms with Gasteiger partial charge < -0.3 is 0 Å². The van der Waals surface area contributed by atoms with Crippen LogP contribution in [0.15, 0.2) is 79.0 Å². The van der Waals surface area contributed by atoms with E-state index >= 15 is 0 Å². The number of nitrogens with zero attached hydrogens (tertiary/aromatic N) is 2. The molecule has 4 nitrogen and oxygen atoms in total. The van der Waals surface area contributed by atoms with Crippen LogP contribution in [-0.2, 0) is 6.54 Å². The molecule has 0 N–H and O–H groups in total. The molecular weight excluding hydrogens is 300 g/mol. The van der Waals surface area contributed by atoms with E-state index in [0.29, 0.717) is 6.54 Å². The standard InChI is InChI=1S/C20H17N2O2/c23-22(24)20-13-10-18(11-14-20)16-21-15-5-4-8-19(21)12-9-17-6-2-1-3-7-17/h1-15H,16H2/q+1/b12-9+. The van der Waals surface area contributed by atoms with Gasteiger partial charge in [0.15, 0.2) is 12.7 Å². The Kier molecular flexibility index (Phi) is 4.77. The van der Waals surface area contributed by atoms with Gasteiger partial charge in [0.1, 0.15) is 0 Å². The molecule has 3 aromatic rings. The zero-order valence-corrected chi connectivity index (χ0v) is 13.1. The molecule has 2 aromatic carbocycles. The molecule has 0 aliphatic carbocycles. The first-order valence-electron chi connectivity index (χ1n) is 7.67. The number of benzene rings is 2. The van der Waals surface area contributed by atoms with E-state index in [4.69, 9.17) is 0 Å². The predicted octanol–water partition coefficient (Wildman–Crippen LogP) is 4.10. The van der Waals surface area contributed by atoms with Gasteiger partial charge in [-0.1, -0.05) is 30.3 Å². The number of pyridine rings is 1. The Balaban J connectivity index is 1.81. The zero-order chi connectivity index (χ0) is 16.8. The van der Waals surface area contributed by atoms with Gasteiger partial charge in [-0.05, 0) is 29.8 Å². The van der Waals surface area contributed by atoms with E-state index in [-0.39, 0.29) is 10.6 Å². The second-order valence-electron chi connectivity index (χ2n) is 5.42. The van der Waals surface area contributed by atoms with Crippen LogP contribution in [0.5, 0.6) is 0 Å². The molecule has 0 fully saturated rings. The van der Waals surface area contributed by atoms with Crippen molar-refractivity contribution in [1.82, 2.24) is 0 Å². The summed E-state index contributed by atoms with van der Waals surface area (Å²) in [7, 11) is 0. The Hall–Kier alpha value is -3.27. The van der Waals surface area contributed by atoms with Crippen molar-refractivity contribution in [3.05, 3.63) is 106 Å². The van der Waals surface area contributed by atoms with Gasteiger partial charge in [0.25, 0.3) is 5.69 Å². The van der Waals surface area contributed by atoms with Crippen molar-refractivity contribution < 1.29 is 9.49 Å². The average Bonchev–Trinajstić information content (AvgIpc) is 2.62. The molecule has 1 heterocycles.